The van der Waals surface area contributed by atoms with Gasteiger partial charge in [0.25, 0.3) is 0 Å². The summed E-state index contributed by atoms with van der Waals surface area (Å²) in [6, 6.07) is 8.57. The minimum absolute atomic E-state index is 0.0716. The molecule has 0 radical (unpaired) electrons. The van der Waals surface area contributed by atoms with Crippen LogP contribution in [0.25, 0.3) is 0 Å². The summed E-state index contributed by atoms with van der Waals surface area (Å²) in [6.07, 6.45) is 4.37. The van der Waals surface area contributed by atoms with Crippen LogP contribution < -0.4 is 10.1 Å². The Kier molecular flexibility index (Phi) is 7.45. The summed E-state index contributed by atoms with van der Waals surface area (Å²) in [4.78, 5) is 12.2. The van der Waals surface area contributed by atoms with E-state index in [0.717, 1.165) is 36.1 Å². The Hall–Kier alpha value is -2.02. The van der Waals surface area contributed by atoms with Crippen molar-refractivity contribution in [2.45, 2.75) is 89.6 Å². The van der Waals surface area contributed by atoms with Crippen LogP contribution in [-0.2, 0) is 16.8 Å². The molecule has 0 saturated heterocycles. The zero-order valence-electron chi connectivity index (χ0n) is 18.8. The van der Waals surface area contributed by atoms with E-state index in [4.69, 9.17) is 4.74 Å². The zero-order chi connectivity index (χ0) is 21.7. The molecule has 1 N–H and O–H groups in total. The lowest BCUT2D eigenvalue weighted by Crippen LogP contribution is -2.33. The van der Waals surface area contributed by atoms with Gasteiger partial charge in [-0.05, 0) is 49.8 Å². The number of hydrogen-bond donors (Lipinski definition) is 1. The third-order valence-electron chi connectivity index (χ3n) is 5.51. The van der Waals surface area contributed by atoms with Crippen molar-refractivity contribution in [3.8, 4) is 5.75 Å². The van der Waals surface area contributed by atoms with Crippen molar-refractivity contribution in [3.63, 3.8) is 0 Å². The molecular formula is C23H34N4O2S. The van der Waals surface area contributed by atoms with E-state index < -0.39 is 0 Å². The molecule has 1 aromatic carbocycles. The fourth-order valence-corrected chi connectivity index (χ4v) is 4.59. The molecule has 164 valence electrons. The second-order valence-corrected chi connectivity index (χ2v) is 9.90. The molecule has 0 aliphatic heterocycles. The molecule has 3 rings (SSSR count). The topological polar surface area (TPSA) is 69.0 Å². The molecule has 1 aliphatic carbocycles. The Bertz CT molecular complexity index is 836. The quantitative estimate of drug-likeness (QED) is 0.604. The van der Waals surface area contributed by atoms with Crippen molar-refractivity contribution in [2.24, 2.45) is 0 Å². The van der Waals surface area contributed by atoms with Gasteiger partial charge in [0.05, 0.1) is 5.75 Å². The molecule has 1 saturated carbocycles. The Balaban J connectivity index is 1.60. The molecule has 1 unspecified atom stereocenters. The van der Waals surface area contributed by atoms with E-state index in [1.54, 1.807) is 0 Å². The number of benzene rings is 1. The van der Waals surface area contributed by atoms with Crippen LogP contribution in [0.2, 0.25) is 0 Å². The van der Waals surface area contributed by atoms with Gasteiger partial charge in [0.1, 0.15) is 5.75 Å². The Morgan fingerprint density at radius 2 is 1.90 bits per heavy atom. The maximum Gasteiger partial charge on any atom is 0.230 e. The fourth-order valence-electron chi connectivity index (χ4n) is 3.76. The van der Waals surface area contributed by atoms with E-state index in [1.807, 2.05) is 23.6 Å². The van der Waals surface area contributed by atoms with Crippen molar-refractivity contribution < 1.29 is 9.53 Å². The van der Waals surface area contributed by atoms with Gasteiger partial charge in [-0.15, -0.1) is 10.2 Å². The van der Waals surface area contributed by atoms with Crippen LogP contribution in [-0.4, -0.2) is 32.5 Å². The Morgan fingerprint density at radius 1 is 1.23 bits per heavy atom. The third kappa shape index (κ3) is 5.78. The molecule has 1 heterocycles. The van der Waals surface area contributed by atoms with Gasteiger partial charge in [-0.3, -0.25) is 4.79 Å². The van der Waals surface area contributed by atoms with Gasteiger partial charge in [0.15, 0.2) is 17.1 Å². The fraction of sp³-hybridized carbons (Fsp3) is 0.609. The highest BCUT2D eigenvalue weighted by Crippen LogP contribution is 2.28. The highest BCUT2D eigenvalue weighted by molar-refractivity contribution is 7.99. The predicted octanol–water partition coefficient (Wildman–Crippen LogP) is 4.89. The third-order valence-corrected chi connectivity index (χ3v) is 6.48. The number of carbonyl (C=O) groups is 1. The molecule has 1 aliphatic rings. The van der Waals surface area contributed by atoms with Gasteiger partial charge < -0.3 is 14.6 Å². The SMILES string of the molecule is CCn1c(SCC(=O)NC2CCCC2)nnc1C(C)Oc1ccc(C(C)(C)C)cc1. The highest BCUT2D eigenvalue weighted by atomic mass is 32.2. The van der Waals surface area contributed by atoms with Gasteiger partial charge in [0, 0.05) is 12.6 Å². The van der Waals surface area contributed by atoms with Crippen molar-refractivity contribution in [3.05, 3.63) is 35.7 Å². The molecule has 30 heavy (non-hydrogen) atoms. The number of aromatic nitrogens is 3. The zero-order valence-corrected chi connectivity index (χ0v) is 19.6. The van der Waals surface area contributed by atoms with Crippen molar-refractivity contribution in [2.75, 3.05) is 5.75 Å². The number of nitrogens with zero attached hydrogens (tertiary/aromatic N) is 3. The molecule has 1 atom stereocenters. The number of amides is 1. The van der Waals surface area contributed by atoms with E-state index >= 15 is 0 Å². The van der Waals surface area contributed by atoms with E-state index in [1.165, 1.54) is 30.2 Å². The summed E-state index contributed by atoms with van der Waals surface area (Å²) < 4.78 is 8.16. The first kappa shape index (κ1) is 22.7. The van der Waals surface area contributed by atoms with E-state index in [-0.39, 0.29) is 17.4 Å². The van der Waals surface area contributed by atoms with E-state index in [9.17, 15) is 4.79 Å². The lowest BCUT2D eigenvalue weighted by Gasteiger charge is -2.20. The first-order valence-corrected chi connectivity index (χ1v) is 11.9. The maximum atomic E-state index is 12.2. The van der Waals surface area contributed by atoms with Crippen molar-refractivity contribution in [1.82, 2.24) is 20.1 Å². The summed E-state index contributed by atoms with van der Waals surface area (Å²) in [6.45, 7) is 11.4. The summed E-state index contributed by atoms with van der Waals surface area (Å²) in [5.41, 5.74) is 1.39. The van der Waals surface area contributed by atoms with Crippen molar-refractivity contribution in [1.29, 1.82) is 0 Å². The second-order valence-electron chi connectivity index (χ2n) is 8.96. The number of thioether (sulfide) groups is 1. The molecule has 1 aromatic heterocycles. The smallest absolute Gasteiger partial charge is 0.230 e. The molecule has 2 aromatic rings. The molecule has 7 heteroatoms. The van der Waals surface area contributed by atoms with Crippen molar-refractivity contribution >= 4 is 17.7 Å². The summed E-state index contributed by atoms with van der Waals surface area (Å²) in [5.74, 6) is 2.02. The average Bonchev–Trinajstić information content (AvgIpc) is 3.35. The molecule has 0 bridgehead atoms. The number of carbonyl (C=O) groups excluding carboxylic acids is 1. The molecule has 1 amide bonds. The van der Waals surface area contributed by atoms with Gasteiger partial charge in [-0.25, -0.2) is 0 Å². The first-order chi connectivity index (χ1) is 14.3. The first-order valence-electron chi connectivity index (χ1n) is 10.9. The molecule has 6 nitrogen and oxygen atoms in total. The maximum absolute atomic E-state index is 12.2. The lowest BCUT2D eigenvalue weighted by atomic mass is 9.87. The summed E-state index contributed by atoms with van der Waals surface area (Å²) >= 11 is 1.43. The largest absolute Gasteiger partial charge is 0.483 e. The molecular weight excluding hydrogens is 396 g/mol. The lowest BCUT2D eigenvalue weighted by molar-refractivity contribution is -0.119. The minimum Gasteiger partial charge on any atom is -0.483 e. The van der Waals surface area contributed by atoms with Crippen LogP contribution in [0.4, 0.5) is 0 Å². The van der Waals surface area contributed by atoms with E-state index in [2.05, 4.69) is 55.3 Å². The van der Waals surface area contributed by atoms with E-state index in [0.29, 0.717) is 11.8 Å². The van der Waals surface area contributed by atoms with Crippen LogP contribution in [0.5, 0.6) is 5.75 Å². The normalized spacial score (nSPS) is 15.9. The summed E-state index contributed by atoms with van der Waals surface area (Å²) in [7, 11) is 0. The number of nitrogens with one attached hydrogen (secondary N) is 1. The van der Waals surface area contributed by atoms with Crippen LogP contribution in [0, 0.1) is 0 Å². The Morgan fingerprint density at radius 3 is 2.50 bits per heavy atom. The predicted molar refractivity (Wildman–Crippen MR) is 121 cm³/mol. The van der Waals surface area contributed by atoms with Crippen LogP contribution in [0.3, 0.4) is 0 Å². The van der Waals surface area contributed by atoms with Crippen LogP contribution in [0.1, 0.15) is 77.8 Å². The molecule has 1 fully saturated rings. The van der Waals surface area contributed by atoms with Gasteiger partial charge in [-0.2, -0.15) is 0 Å². The second kappa shape index (κ2) is 9.86. The minimum atomic E-state index is -0.236. The Labute approximate surface area is 184 Å². The number of hydrogen-bond acceptors (Lipinski definition) is 5. The van der Waals surface area contributed by atoms with Crippen LogP contribution >= 0.6 is 11.8 Å². The monoisotopic (exact) mass is 430 g/mol. The standard InChI is InChI=1S/C23H34N4O2S/c1-6-27-21(16(2)29-19-13-11-17(12-14-19)23(3,4)5)25-26-22(27)30-15-20(28)24-18-9-7-8-10-18/h11-14,16,18H,6-10,15H2,1-5H3,(H,24,28). The van der Waals surface area contributed by atoms with Crippen LogP contribution in [0.15, 0.2) is 29.4 Å². The molecule has 0 spiro atoms. The number of rotatable bonds is 8. The van der Waals surface area contributed by atoms with Gasteiger partial charge in [-0.1, -0.05) is 57.5 Å². The van der Waals surface area contributed by atoms with Gasteiger partial charge in [0.2, 0.25) is 5.91 Å². The highest BCUT2D eigenvalue weighted by Gasteiger charge is 2.21. The number of ether oxygens (including phenoxy) is 1. The summed E-state index contributed by atoms with van der Waals surface area (Å²) in [5, 5.41) is 12.6. The van der Waals surface area contributed by atoms with Gasteiger partial charge >= 0.3 is 0 Å². The average molecular weight is 431 g/mol.